The fraction of sp³-hybridized carbons (Fsp3) is 0.133. The van der Waals surface area contributed by atoms with Crippen molar-refractivity contribution in [2.75, 3.05) is 11.1 Å². The van der Waals surface area contributed by atoms with E-state index >= 15 is 0 Å². The van der Waals surface area contributed by atoms with Crippen LogP contribution in [0.4, 0.5) is 11.4 Å². The smallest absolute Gasteiger partial charge is 0.228 e. The molecule has 2 aromatic carbocycles. The zero-order valence-corrected chi connectivity index (χ0v) is 11.4. The first-order valence-electron chi connectivity index (χ1n) is 5.95. The molecule has 19 heavy (non-hydrogen) atoms. The van der Waals surface area contributed by atoms with Crippen LogP contribution in [0.5, 0.6) is 0 Å². The summed E-state index contributed by atoms with van der Waals surface area (Å²) in [6.07, 6.45) is 0.318. The zero-order chi connectivity index (χ0) is 13.8. The average molecular weight is 275 g/mol. The second-order valence-corrected chi connectivity index (χ2v) is 4.82. The first-order valence-corrected chi connectivity index (χ1v) is 6.33. The van der Waals surface area contributed by atoms with Crippen molar-refractivity contribution >= 4 is 28.9 Å². The minimum absolute atomic E-state index is 0.108. The number of benzene rings is 2. The number of hydrogen-bond donors (Lipinski definition) is 2. The standard InChI is InChI=1S/C15H15ClN2O/c1-10-4-2-3-5-11(10)8-15(19)18-14-9-12(16)6-7-13(14)17/h2-7,9H,8,17H2,1H3,(H,18,19). The summed E-state index contributed by atoms with van der Waals surface area (Å²) in [5, 5.41) is 3.32. The number of hydrogen-bond acceptors (Lipinski definition) is 2. The lowest BCUT2D eigenvalue weighted by Gasteiger charge is -2.09. The largest absolute Gasteiger partial charge is 0.397 e. The van der Waals surface area contributed by atoms with Crippen LogP contribution in [0.1, 0.15) is 11.1 Å². The highest BCUT2D eigenvalue weighted by Gasteiger charge is 2.08. The Morgan fingerprint density at radius 2 is 2.00 bits per heavy atom. The molecule has 0 unspecified atom stereocenters. The maximum absolute atomic E-state index is 12.0. The van der Waals surface area contributed by atoms with E-state index in [0.717, 1.165) is 11.1 Å². The second-order valence-electron chi connectivity index (χ2n) is 4.38. The van der Waals surface area contributed by atoms with Crippen molar-refractivity contribution in [2.24, 2.45) is 0 Å². The van der Waals surface area contributed by atoms with Crippen LogP contribution in [0.3, 0.4) is 0 Å². The van der Waals surface area contributed by atoms with Gasteiger partial charge in [-0.25, -0.2) is 0 Å². The summed E-state index contributed by atoms with van der Waals surface area (Å²) in [7, 11) is 0. The molecule has 0 aliphatic carbocycles. The number of nitrogens with two attached hydrogens (primary N) is 1. The van der Waals surface area contributed by atoms with Crippen molar-refractivity contribution in [2.45, 2.75) is 13.3 Å². The van der Waals surface area contributed by atoms with E-state index < -0.39 is 0 Å². The number of amides is 1. The molecule has 0 aromatic heterocycles. The number of nitrogen functional groups attached to an aromatic ring is 1. The summed E-state index contributed by atoms with van der Waals surface area (Å²) < 4.78 is 0. The van der Waals surface area contributed by atoms with E-state index in [-0.39, 0.29) is 5.91 Å². The molecule has 98 valence electrons. The monoisotopic (exact) mass is 274 g/mol. The van der Waals surface area contributed by atoms with Gasteiger partial charge in [-0.15, -0.1) is 0 Å². The lowest BCUT2D eigenvalue weighted by Crippen LogP contribution is -2.16. The number of rotatable bonds is 3. The Morgan fingerprint density at radius 3 is 2.74 bits per heavy atom. The topological polar surface area (TPSA) is 55.1 Å². The van der Waals surface area contributed by atoms with Gasteiger partial charge in [0.2, 0.25) is 5.91 Å². The molecule has 4 heteroatoms. The molecular weight excluding hydrogens is 260 g/mol. The Hall–Kier alpha value is -2.00. The van der Waals surface area contributed by atoms with E-state index in [1.54, 1.807) is 18.2 Å². The van der Waals surface area contributed by atoms with Crippen LogP contribution in [0, 0.1) is 6.92 Å². The van der Waals surface area contributed by atoms with E-state index in [4.69, 9.17) is 17.3 Å². The quantitative estimate of drug-likeness (QED) is 0.843. The molecule has 2 aromatic rings. The Bertz CT molecular complexity index is 611. The highest BCUT2D eigenvalue weighted by atomic mass is 35.5. The normalized spacial score (nSPS) is 10.2. The predicted octanol–water partition coefficient (Wildman–Crippen LogP) is 3.41. The van der Waals surface area contributed by atoms with E-state index in [0.29, 0.717) is 22.8 Å². The molecule has 0 radical (unpaired) electrons. The summed E-state index contributed by atoms with van der Waals surface area (Å²) >= 11 is 5.88. The van der Waals surface area contributed by atoms with Gasteiger partial charge < -0.3 is 11.1 Å². The second kappa shape index (κ2) is 5.76. The third-order valence-electron chi connectivity index (χ3n) is 2.90. The molecule has 1 amide bonds. The molecule has 0 spiro atoms. The van der Waals surface area contributed by atoms with Crippen molar-refractivity contribution in [3.63, 3.8) is 0 Å². The molecule has 3 nitrogen and oxygen atoms in total. The average Bonchev–Trinajstić information content (AvgIpc) is 2.37. The fourth-order valence-corrected chi connectivity index (χ4v) is 1.98. The number of halogens is 1. The summed E-state index contributed by atoms with van der Waals surface area (Å²) in [6.45, 7) is 1.98. The van der Waals surface area contributed by atoms with Crippen LogP contribution in [0.15, 0.2) is 42.5 Å². The summed E-state index contributed by atoms with van der Waals surface area (Å²) in [6, 6.07) is 12.8. The molecule has 0 aliphatic rings. The van der Waals surface area contributed by atoms with Gasteiger partial charge in [0, 0.05) is 5.02 Å². The minimum atomic E-state index is -0.108. The van der Waals surface area contributed by atoms with Gasteiger partial charge in [0.05, 0.1) is 17.8 Å². The fourth-order valence-electron chi connectivity index (χ4n) is 1.81. The van der Waals surface area contributed by atoms with Crippen molar-refractivity contribution in [3.8, 4) is 0 Å². The minimum Gasteiger partial charge on any atom is -0.397 e. The van der Waals surface area contributed by atoms with Crippen LogP contribution in [-0.4, -0.2) is 5.91 Å². The molecule has 2 rings (SSSR count). The highest BCUT2D eigenvalue weighted by molar-refractivity contribution is 6.31. The van der Waals surface area contributed by atoms with Crippen molar-refractivity contribution in [1.82, 2.24) is 0 Å². The summed E-state index contributed by atoms with van der Waals surface area (Å²) in [4.78, 5) is 12.0. The van der Waals surface area contributed by atoms with Gasteiger partial charge >= 0.3 is 0 Å². The number of carbonyl (C=O) groups is 1. The predicted molar refractivity (Wildman–Crippen MR) is 79.4 cm³/mol. The molecule has 0 saturated carbocycles. The third kappa shape index (κ3) is 3.48. The summed E-state index contributed by atoms with van der Waals surface area (Å²) in [5.74, 6) is -0.108. The first-order chi connectivity index (χ1) is 9.06. The number of anilines is 2. The molecule has 0 atom stereocenters. The van der Waals surface area contributed by atoms with Crippen LogP contribution in [0.2, 0.25) is 5.02 Å². The Kier molecular flexibility index (Phi) is 4.07. The van der Waals surface area contributed by atoms with E-state index in [9.17, 15) is 4.79 Å². The lowest BCUT2D eigenvalue weighted by molar-refractivity contribution is -0.115. The Labute approximate surface area is 117 Å². The van der Waals surface area contributed by atoms with Crippen LogP contribution in [0.25, 0.3) is 0 Å². The number of carbonyl (C=O) groups excluding carboxylic acids is 1. The van der Waals surface area contributed by atoms with Gasteiger partial charge in [0.25, 0.3) is 0 Å². The van der Waals surface area contributed by atoms with E-state index in [2.05, 4.69) is 5.32 Å². The lowest BCUT2D eigenvalue weighted by atomic mass is 10.1. The highest BCUT2D eigenvalue weighted by Crippen LogP contribution is 2.23. The van der Waals surface area contributed by atoms with Gasteiger partial charge in [-0.1, -0.05) is 35.9 Å². The van der Waals surface area contributed by atoms with Crippen molar-refractivity contribution in [3.05, 3.63) is 58.6 Å². The molecular formula is C15H15ClN2O. The number of nitrogens with one attached hydrogen (secondary N) is 1. The Balaban J connectivity index is 2.10. The van der Waals surface area contributed by atoms with Crippen LogP contribution in [-0.2, 0) is 11.2 Å². The van der Waals surface area contributed by atoms with Gasteiger partial charge in [-0.3, -0.25) is 4.79 Å². The van der Waals surface area contributed by atoms with Crippen LogP contribution < -0.4 is 11.1 Å². The van der Waals surface area contributed by atoms with E-state index in [1.165, 1.54) is 0 Å². The third-order valence-corrected chi connectivity index (χ3v) is 3.14. The van der Waals surface area contributed by atoms with Crippen molar-refractivity contribution in [1.29, 1.82) is 0 Å². The number of aryl methyl sites for hydroxylation is 1. The SMILES string of the molecule is Cc1ccccc1CC(=O)Nc1cc(Cl)ccc1N. The first kappa shape index (κ1) is 13.4. The molecule has 0 aliphatic heterocycles. The maximum atomic E-state index is 12.0. The zero-order valence-electron chi connectivity index (χ0n) is 10.6. The van der Waals surface area contributed by atoms with Crippen molar-refractivity contribution < 1.29 is 4.79 Å². The van der Waals surface area contributed by atoms with Gasteiger partial charge in [-0.2, -0.15) is 0 Å². The van der Waals surface area contributed by atoms with Gasteiger partial charge in [0.15, 0.2) is 0 Å². The maximum Gasteiger partial charge on any atom is 0.228 e. The molecule has 0 fully saturated rings. The van der Waals surface area contributed by atoms with Crippen LogP contribution >= 0.6 is 11.6 Å². The van der Waals surface area contributed by atoms with Gasteiger partial charge in [0.1, 0.15) is 0 Å². The summed E-state index contributed by atoms with van der Waals surface area (Å²) in [5.41, 5.74) is 8.93. The molecule has 0 bridgehead atoms. The molecule has 0 heterocycles. The van der Waals surface area contributed by atoms with Gasteiger partial charge in [-0.05, 0) is 36.2 Å². The molecule has 3 N–H and O–H groups in total. The van der Waals surface area contributed by atoms with E-state index in [1.807, 2.05) is 31.2 Å². The molecule has 0 saturated heterocycles. The Morgan fingerprint density at radius 1 is 1.26 bits per heavy atom.